The second kappa shape index (κ2) is 9.21. The van der Waals surface area contributed by atoms with Gasteiger partial charge in [-0.15, -0.1) is 11.3 Å². The molecular formula is C22H17ClFN3O2S2. The van der Waals surface area contributed by atoms with Crippen molar-refractivity contribution in [3.63, 3.8) is 0 Å². The summed E-state index contributed by atoms with van der Waals surface area (Å²) in [6, 6.07) is 13.3. The molecule has 31 heavy (non-hydrogen) atoms. The van der Waals surface area contributed by atoms with Crippen molar-refractivity contribution in [1.29, 1.82) is 0 Å². The number of aromatic amines is 1. The maximum atomic E-state index is 13.2. The number of amides is 1. The normalized spacial score (nSPS) is 12.1. The Balaban J connectivity index is 1.50. The Hall–Kier alpha value is -2.68. The number of fused-ring (bicyclic) bond motifs is 1. The molecule has 2 aromatic carbocycles. The van der Waals surface area contributed by atoms with Gasteiger partial charge < -0.3 is 10.3 Å². The molecule has 4 aromatic rings. The summed E-state index contributed by atoms with van der Waals surface area (Å²) in [5.74, 6) is -0.526. The second-order valence-electron chi connectivity index (χ2n) is 6.78. The number of benzene rings is 2. The highest BCUT2D eigenvalue weighted by atomic mass is 35.5. The van der Waals surface area contributed by atoms with Gasteiger partial charge in [-0.3, -0.25) is 9.59 Å². The topological polar surface area (TPSA) is 74.8 Å². The number of carbonyl (C=O) groups is 1. The number of nitrogens with one attached hydrogen (secondary N) is 2. The Morgan fingerprint density at radius 2 is 2.00 bits per heavy atom. The van der Waals surface area contributed by atoms with Crippen LogP contribution in [0.15, 0.2) is 63.9 Å². The van der Waals surface area contributed by atoms with Gasteiger partial charge in [0.05, 0.1) is 10.6 Å². The highest BCUT2D eigenvalue weighted by Crippen LogP contribution is 2.32. The summed E-state index contributed by atoms with van der Waals surface area (Å²) in [4.78, 5) is 33.0. The first kappa shape index (κ1) is 21.5. The zero-order valence-corrected chi connectivity index (χ0v) is 18.7. The number of rotatable bonds is 6. The lowest BCUT2D eigenvalue weighted by molar-refractivity contribution is -0.120. The van der Waals surface area contributed by atoms with Crippen LogP contribution in [-0.2, 0) is 11.3 Å². The lowest BCUT2D eigenvalue weighted by atomic mass is 10.1. The van der Waals surface area contributed by atoms with Gasteiger partial charge in [0.1, 0.15) is 10.6 Å². The number of H-pyrrole nitrogens is 1. The van der Waals surface area contributed by atoms with Crippen molar-refractivity contribution in [3.05, 3.63) is 80.7 Å². The third-order valence-electron chi connectivity index (χ3n) is 4.65. The van der Waals surface area contributed by atoms with E-state index in [0.29, 0.717) is 32.5 Å². The van der Waals surface area contributed by atoms with Gasteiger partial charge in [0.25, 0.3) is 5.56 Å². The molecule has 158 valence electrons. The Morgan fingerprint density at radius 3 is 2.74 bits per heavy atom. The maximum Gasteiger partial charge on any atom is 0.260 e. The first-order valence-electron chi connectivity index (χ1n) is 9.37. The van der Waals surface area contributed by atoms with Crippen molar-refractivity contribution in [2.75, 3.05) is 0 Å². The molecule has 0 saturated carbocycles. The number of nitrogens with zero attached hydrogens (tertiary/aromatic N) is 1. The van der Waals surface area contributed by atoms with Crippen LogP contribution in [0.25, 0.3) is 21.3 Å². The van der Waals surface area contributed by atoms with Gasteiger partial charge in [-0.1, -0.05) is 53.7 Å². The molecule has 0 aliphatic carbocycles. The molecule has 5 nitrogen and oxygen atoms in total. The molecule has 0 unspecified atom stereocenters. The summed E-state index contributed by atoms with van der Waals surface area (Å²) in [6.45, 7) is 2.06. The molecule has 0 aliphatic heterocycles. The van der Waals surface area contributed by atoms with Crippen molar-refractivity contribution in [2.45, 2.75) is 23.9 Å². The van der Waals surface area contributed by atoms with Gasteiger partial charge in [0.2, 0.25) is 5.91 Å². The smallest absolute Gasteiger partial charge is 0.260 e. The standard InChI is InChI=1S/C22H17ClFN3O2S2/c1-12(19(28)25-10-14-4-2-3-5-17(14)23)31-22-26-20(29)18-16(11-30-21(18)27-22)13-6-8-15(24)9-7-13/h2-9,11-12H,10H2,1H3,(H,25,28)(H,26,27,29)/t12-/m0/s1. The van der Waals surface area contributed by atoms with Crippen LogP contribution in [0.5, 0.6) is 0 Å². The SMILES string of the molecule is C[C@H](Sc1nc2scc(-c3ccc(F)cc3)c2c(=O)[nH]1)C(=O)NCc1ccccc1Cl. The predicted octanol–water partition coefficient (Wildman–Crippen LogP) is 5.24. The van der Waals surface area contributed by atoms with E-state index in [1.54, 1.807) is 25.1 Å². The van der Waals surface area contributed by atoms with Crippen molar-refractivity contribution in [1.82, 2.24) is 15.3 Å². The molecule has 0 spiro atoms. The summed E-state index contributed by atoms with van der Waals surface area (Å²) < 4.78 is 13.2. The van der Waals surface area contributed by atoms with E-state index >= 15 is 0 Å². The van der Waals surface area contributed by atoms with Crippen molar-refractivity contribution < 1.29 is 9.18 Å². The number of thioether (sulfide) groups is 1. The third kappa shape index (κ3) is 4.81. The quantitative estimate of drug-likeness (QED) is 0.296. The highest BCUT2D eigenvalue weighted by Gasteiger charge is 2.18. The van der Waals surface area contributed by atoms with E-state index < -0.39 is 5.25 Å². The first-order chi connectivity index (χ1) is 14.9. The average Bonchev–Trinajstić information content (AvgIpc) is 3.18. The van der Waals surface area contributed by atoms with Gasteiger partial charge in [0, 0.05) is 22.5 Å². The first-order valence-corrected chi connectivity index (χ1v) is 11.5. The summed E-state index contributed by atoms with van der Waals surface area (Å²) >= 11 is 8.63. The van der Waals surface area contributed by atoms with Gasteiger partial charge in [-0.2, -0.15) is 0 Å². The van der Waals surface area contributed by atoms with E-state index in [9.17, 15) is 14.0 Å². The van der Waals surface area contributed by atoms with E-state index in [4.69, 9.17) is 11.6 Å². The number of halogens is 2. The third-order valence-corrected chi connectivity index (χ3v) is 6.87. The van der Waals surface area contributed by atoms with E-state index in [-0.39, 0.29) is 17.3 Å². The van der Waals surface area contributed by atoms with Crippen LogP contribution in [0.3, 0.4) is 0 Å². The van der Waals surface area contributed by atoms with Crippen LogP contribution in [0.2, 0.25) is 5.02 Å². The average molecular weight is 474 g/mol. The fourth-order valence-corrected chi connectivity index (χ4v) is 5.04. The van der Waals surface area contributed by atoms with Crippen LogP contribution < -0.4 is 10.9 Å². The molecule has 0 bridgehead atoms. The minimum Gasteiger partial charge on any atom is -0.351 e. The Bertz CT molecular complexity index is 1300. The van der Waals surface area contributed by atoms with E-state index in [1.807, 2.05) is 23.6 Å². The molecule has 4 rings (SSSR count). The number of hydrogen-bond acceptors (Lipinski definition) is 5. The molecule has 9 heteroatoms. The molecule has 2 N–H and O–H groups in total. The molecule has 1 amide bonds. The molecule has 1 atom stereocenters. The van der Waals surface area contributed by atoms with Crippen molar-refractivity contribution in [3.8, 4) is 11.1 Å². The van der Waals surface area contributed by atoms with Crippen molar-refractivity contribution in [2.24, 2.45) is 0 Å². The van der Waals surface area contributed by atoms with E-state index in [1.165, 1.54) is 35.2 Å². The Labute approximate surface area is 190 Å². The molecule has 0 saturated heterocycles. The zero-order chi connectivity index (χ0) is 22.0. The summed E-state index contributed by atoms with van der Waals surface area (Å²) in [6.07, 6.45) is 0. The van der Waals surface area contributed by atoms with Crippen LogP contribution in [-0.4, -0.2) is 21.1 Å². The van der Waals surface area contributed by atoms with Crippen LogP contribution in [0.1, 0.15) is 12.5 Å². The summed E-state index contributed by atoms with van der Waals surface area (Å²) in [5, 5.41) is 5.62. The van der Waals surface area contributed by atoms with Crippen LogP contribution in [0.4, 0.5) is 4.39 Å². The monoisotopic (exact) mass is 473 g/mol. The minimum absolute atomic E-state index is 0.189. The highest BCUT2D eigenvalue weighted by molar-refractivity contribution is 8.00. The molecule has 2 heterocycles. The van der Waals surface area contributed by atoms with Crippen LogP contribution in [0, 0.1) is 5.82 Å². The lowest BCUT2D eigenvalue weighted by Crippen LogP contribution is -2.30. The fraction of sp³-hybridized carbons (Fsp3) is 0.136. The Morgan fingerprint density at radius 1 is 1.26 bits per heavy atom. The Kier molecular flexibility index (Phi) is 6.41. The number of thiophene rings is 1. The minimum atomic E-state index is -0.473. The zero-order valence-electron chi connectivity index (χ0n) is 16.3. The maximum absolute atomic E-state index is 13.2. The number of hydrogen-bond donors (Lipinski definition) is 2. The van der Waals surface area contributed by atoms with Gasteiger partial charge in [-0.25, -0.2) is 9.37 Å². The summed E-state index contributed by atoms with van der Waals surface area (Å²) in [5.41, 5.74) is 1.98. The predicted molar refractivity (Wildman–Crippen MR) is 124 cm³/mol. The van der Waals surface area contributed by atoms with Crippen LogP contribution >= 0.6 is 34.7 Å². The molecule has 0 fully saturated rings. The molecule has 0 radical (unpaired) electrons. The molecular weight excluding hydrogens is 457 g/mol. The van der Waals surface area contributed by atoms with E-state index in [0.717, 1.165) is 11.1 Å². The summed E-state index contributed by atoms with van der Waals surface area (Å²) in [7, 11) is 0. The van der Waals surface area contributed by atoms with Gasteiger partial charge >= 0.3 is 0 Å². The van der Waals surface area contributed by atoms with E-state index in [2.05, 4.69) is 15.3 Å². The molecule has 0 aliphatic rings. The molecule has 2 aromatic heterocycles. The largest absolute Gasteiger partial charge is 0.351 e. The second-order valence-corrected chi connectivity index (χ2v) is 9.37. The number of carbonyl (C=O) groups excluding carboxylic acids is 1. The number of aromatic nitrogens is 2. The lowest BCUT2D eigenvalue weighted by Gasteiger charge is -2.12. The van der Waals surface area contributed by atoms with Gasteiger partial charge in [0.15, 0.2) is 5.16 Å². The van der Waals surface area contributed by atoms with Crippen molar-refractivity contribution >= 4 is 50.8 Å². The fourth-order valence-electron chi connectivity index (χ4n) is 3.02. The van der Waals surface area contributed by atoms with Gasteiger partial charge in [-0.05, 0) is 36.2 Å².